The number of sulfone groups is 1. The fourth-order valence-corrected chi connectivity index (χ4v) is 5.58. The van der Waals surface area contributed by atoms with Crippen LogP contribution in [0.3, 0.4) is 0 Å². The van der Waals surface area contributed by atoms with E-state index in [-0.39, 0.29) is 18.5 Å². The topological polar surface area (TPSA) is 139 Å². The van der Waals surface area contributed by atoms with Crippen molar-refractivity contribution >= 4 is 15.7 Å². The number of rotatable bonds is 9. The van der Waals surface area contributed by atoms with Crippen molar-refractivity contribution in [1.82, 2.24) is 15.3 Å². The largest absolute Gasteiger partial charge is 0.407 e. The molecular formula is C20H19F4N5O3S. The highest BCUT2D eigenvalue weighted by molar-refractivity contribution is 7.90. The lowest BCUT2D eigenvalue weighted by molar-refractivity contribution is -0.165. The van der Waals surface area contributed by atoms with E-state index >= 15 is 0 Å². The van der Waals surface area contributed by atoms with Crippen molar-refractivity contribution < 1.29 is 30.8 Å². The summed E-state index contributed by atoms with van der Waals surface area (Å²) in [6, 6.07) is 2.50. The minimum absolute atomic E-state index is 0.00332. The van der Waals surface area contributed by atoms with Gasteiger partial charge in [-0.05, 0) is 30.5 Å². The number of hydrogen-bond acceptors (Lipinski definition) is 7. The minimum atomic E-state index is -5.03. The smallest absolute Gasteiger partial charge is 0.368 e. The maximum absolute atomic E-state index is 14.0. The van der Waals surface area contributed by atoms with E-state index in [9.17, 15) is 36.0 Å². The lowest BCUT2D eigenvalue weighted by Crippen LogP contribution is -2.67. The van der Waals surface area contributed by atoms with Crippen LogP contribution in [0.1, 0.15) is 30.1 Å². The Morgan fingerprint density at radius 1 is 1.24 bits per heavy atom. The number of hydrogen-bond donors (Lipinski definition) is 2. The van der Waals surface area contributed by atoms with Gasteiger partial charge < -0.3 is 5.73 Å². The second kappa shape index (κ2) is 8.68. The Morgan fingerprint density at radius 2 is 1.88 bits per heavy atom. The number of nitrogens with zero attached hydrogens (tertiary/aromatic N) is 3. The molecule has 1 saturated carbocycles. The standard InChI is InChI=1S/C20H19F4N5O3S/c21-14-3-1-13(2-4-14)16(20(22,23)24)29-19(17(26)30,18(11-25)5-6-18)12-33(31,32)10-15-9-27-7-8-28-15/h1-4,7-9,16,29H,5-6,10,12H2,(H2,26,30)/t16-,19+/m1/s1. The summed E-state index contributed by atoms with van der Waals surface area (Å²) in [6.45, 7) is 0. The average molecular weight is 485 g/mol. The fraction of sp³-hybridized carbons (Fsp3) is 0.400. The molecule has 3 N–H and O–H groups in total. The van der Waals surface area contributed by atoms with E-state index in [4.69, 9.17) is 5.73 Å². The van der Waals surface area contributed by atoms with Gasteiger partial charge in [0, 0.05) is 18.6 Å². The first kappa shape index (κ1) is 24.5. The Bertz CT molecular complexity index is 1160. The molecule has 2 atom stereocenters. The van der Waals surface area contributed by atoms with Crippen LogP contribution in [0.25, 0.3) is 0 Å². The van der Waals surface area contributed by atoms with Crippen molar-refractivity contribution in [1.29, 1.82) is 5.26 Å². The number of halogens is 4. The Morgan fingerprint density at radius 3 is 2.33 bits per heavy atom. The highest BCUT2D eigenvalue weighted by Gasteiger charge is 2.67. The quantitative estimate of drug-likeness (QED) is 0.518. The number of aromatic nitrogens is 2. The number of carbonyl (C=O) groups excluding carboxylic acids is 1. The van der Waals surface area contributed by atoms with Crippen molar-refractivity contribution in [3.8, 4) is 6.07 Å². The third-order valence-electron chi connectivity index (χ3n) is 5.54. The Labute approximate surface area is 186 Å². The SMILES string of the molecule is N#CC1([C@@](CS(=O)(=O)Cc2cnccn2)(N[C@H](c2ccc(F)cc2)C(F)(F)F)C(N)=O)CC1. The van der Waals surface area contributed by atoms with Crippen LogP contribution in [0, 0.1) is 22.6 Å². The number of nitriles is 1. The molecule has 0 unspecified atom stereocenters. The number of nitrogens with two attached hydrogens (primary N) is 1. The molecule has 0 aliphatic heterocycles. The molecule has 0 bridgehead atoms. The third kappa shape index (κ3) is 5.12. The lowest BCUT2D eigenvalue weighted by atomic mass is 9.81. The monoisotopic (exact) mass is 485 g/mol. The van der Waals surface area contributed by atoms with Crippen molar-refractivity contribution in [3.63, 3.8) is 0 Å². The van der Waals surface area contributed by atoms with E-state index in [1.165, 1.54) is 12.4 Å². The summed E-state index contributed by atoms with van der Waals surface area (Å²) in [5.41, 5.74) is 0.683. The normalized spacial score (nSPS) is 18.0. The predicted octanol–water partition coefficient (Wildman–Crippen LogP) is 1.95. The highest BCUT2D eigenvalue weighted by atomic mass is 32.2. The number of primary amides is 1. The molecule has 176 valence electrons. The molecule has 0 saturated heterocycles. The van der Waals surface area contributed by atoms with Crippen LogP contribution >= 0.6 is 0 Å². The first-order valence-electron chi connectivity index (χ1n) is 9.60. The summed E-state index contributed by atoms with van der Waals surface area (Å²) in [4.78, 5) is 20.2. The van der Waals surface area contributed by atoms with Gasteiger partial charge in [0.05, 0.1) is 28.7 Å². The first-order valence-corrected chi connectivity index (χ1v) is 11.4. The Balaban J connectivity index is 2.08. The van der Waals surface area contributed by atoms with Crippen molar-refractivity contribution in [3.05, 3.63) is 59.9 Å². The van der Waals surface area contributed by atoms with E-state index in [0.717, 1.165) is 30.5 Å². The molecule has 8 nitrogen and oxygen atoms in total. The number of benzene rings is 1. The van der Waals surface area contributed by atoms with Crippen molar-refractivity contribution in [2.24, 2.45) is 11.1 Å². The van der Waals surface area contributed by atoms with Gasteiger partial charge in [-0.1, -0.05) is 12.1 Å². The summed E-state index contributed by atoms with van der Waals surface area (Å²) >= 11 is 0. The second-order valence-corrected chi connectivity index (χ2v) is 9.93. The van der Waals surface area contributed by atoms with E-state index < -0.39 is 61.8 Å². The van der Waals surface area contributed by atoms with Crippen LogP contribution < -0.4 is 11.1 Å². The summed E-state index contributed by atoms with van der Waals surface area (Å²) in [7, 11) is -4.31. The molecule has 0 radical (unpaired) electrons. The van der Waals surface area contributed by atoms with E-state index in [0.29, 0.717) is 0 Å². The van der Waals surface area contributed by atoms with Gasteiger partial charge in [0.15, 0.2) is 9.84 Å². The molecule has 1 aliphatic carbocycles. The highest BCUT2D eigenvalue weighted by Crippen LogP contribution is 2.55. The van der Waals surface area contributed by atoms with Gasteiger partial charge in [-0.2, -0.15) is 18.4 Å². The molecule has 1 aromatic heterocycles. The molecule has 1 fully saturated rings. The van der Waals surface area contributed by atoms with E-state index in [1.807, 2.05) is 0 Å². The number of carbonyl (C=O) groups is 1. The van der Waals surface area contributed by atoms with Crippen LogP contribution in [0.4, 0.5) is 17.6 Å². The maximum Gasteiger partial charge on any atom is 0.407 e. The molecule has 2 aromatic rings. The number of amides is 1. The number of alkyl halides is 3. The molecular weight excluding hydrogens is 466 g/mol. The van der Waals surface area contributed by atoms with Gasteiger partial charge in [-0.3, -0.25) is 20.1 Å². The third-order valence-corrected chi connectivity index (χ3v) is 7.15. The van der Waals surface area contributed by atoms with Crippen molar-refractivity contribution in [2.75, 3.05) is 5.75 Å². The molecule has 1 aliphatic rings. The van der Waals surface area contributed by atoms with E-state index in [2.05, 4.69) is 15.3 Å². The fourth-order valence-electron chi connectivity index (χ4n) is 3.72. The summed E-state index contributed by atoms with van der Waals surface area (Å²) in [5.74, 6) is -4.11. The predicted molar refractivity (Wildman–Crippen MR) is 107 cm³/mol. The maximum atomic E-state index is 14.0. The van der Waals surface area contributed by atoms with Crippen LogP contribution in [0.15, 0.2) is 42.9 Å². The van der Waals surface area contributed by atoms with Gasteiger partial charge in [-0.15, -0.1) is 0 Å². The van der Waals surface area contributed by atoms with Gasteiger partial charge in [0.2, 0.25) is 5.91 Å². The van der Waals surface area contributed by atoms with Crippen LogP contribution in [0.5, 0.6) is 0 Å². The van der Waals surface area contributed by atoms with Gasteiger partial charge in [-0.25, -0.2) is 12.8 Å². The molecule has 13 heteroatoms. The zero-order chi connectivity index (χ0) is 24.5. The Hall–Kier alpha value is -3.11. The zero-order valence-corrected chi connectivity index (χ0v) is 17.8. The molecule has 0 spiro atoms. The van der Waals surface area contributed by atoms with Gasteiger partial charge >= 0.3 is 6.18 Å². The molecule has 1 amide bonds. The van der Waals surface area contributed by atoms with Crippen LogP contribution in [-0.4, -0.2) is 41.8 Å². The number of nitrogens with one attached hydrogen (secondary N) is 1. The molecule has 1 heterocycles. The molecule has 33 heavy (non-hydrogen) atoms. The molecule has 1 aromatic carbocycles. The summed E-state index contributed by atoms with van der Waals surface area (Å²) in [5, 5.41) is 11.8. The van der Waals surface area contributed by atoms with Crippen LogP contribution in [-0.2, 0) is 20.4 Å². The Kier molecular flexibility index (Phi) is 6.45. The molecule has 3 rings (SSSR count). The lowest BCUT2D eigenvalue weighted by Gasteiger charge is -2.39. The summed E-state index contributed by atoms with van der Waals surface area (Å²) in [6.07, 6.45) is -1.40. The first-order chi connectivity index (χ1) is 15.3. The van der Waals surface area contributed by atoms with Gasteiger partial charge in [0.1, 0.15) is 17.4 Å². The summed E-state index contributed by atoms with van der Waals surface area (Å²) < 4.78 is 81.3. The second-order valence-electron chi connectivity index (χ2n) is 7.86. The average Bonchev–Trinajstić information content (AvgIpc) is 3.53. The van der Waals surface area contributed by atoms with Crippen molar-refractivity contribution in [2.45, 2.75) is 36.4 Å². The van der Waals surface area contributed by atoms with Crippen LogP contribution in [0.2, 0.25) is 0 Å². The van der Waals surface area contributed by atoms with E-state index in [1.54, 1.807) is 6.07 Å². The zero-order valence-electron chi connectivity index (χ0n) is 17.0. The minimum Gasteiger partial charge on any atom is -0.368 e. The van der Waals surface area contributed by atoms with Gasteiger partial charge in [0.25, 0.3) is 0 Å².